The van der Waals surface area contributed by atoms with Crippen LogP contribution in [0.15, 0.2) is 0 Å². The summed E-state index contributed by atoms with van der Waals surface area (Å²) in [6.45, 7) is 18.4. The minimum atomic E-state index is -1.44. The molecule has 10 aliphatic heterocycles. The molecule has 0 amide bonds. The van der Waals surface area contributed by atoms with Crippen LogP contribution in [0, 0.1) is 0 Å². The molecule has 0 aliphatic carbocycles. The Morgan fingerprint density at radius 1 is 0.356 bits per heavy atom. The van der Waals surface area contributed by atoms with Gasteiger partial charge >= 0.3 is 29.8 Å². The first-order valence-corrected chi connectivity index (χ1v) is 29.4. The van der Waals surface area contributed by atoms with Crippen LogP contribution in [0.2, 0.25) is 0 Å². The molecule has 10 rings (SSSR count). The highest BCUT2D eigenvalue weighted by molar-refractivity contribution is 6.32. The Morgan fingerprint density at radius 3 is 0.733 bits per heavy atom. The van der Waals surface area contributed by atoms with Crippen molar-refractivity contribution in [3.8, 4) is 0 Å². The number of rotatable bonds is 12. The van der Waals surface area contributed by atoms with Gasteiger partial charge in [0.25, 0.3) is 23.1 Å². The van der Waals surface area contributed by atoms with Crippen LogP contribution in [0.1, 0.15) is 69.2 Å². The van der Waals surface area contributed by atoms with Gasteiger partial charge < -0.3 is 141 Å². The molecule has 10 aliphatic rings. The average Bonchev–Trinajstić information content (AvgIpc) is 1.93. The van der Waals surface area contributed by atoms with Crippen LogP contribution in [0.25, 0.3) is 0 Å². The average molecular weight is 1310 g/mol. The van der Waals surface area contributed by atoms with Crippen molar-refractivity contribution in [3.63, 3.8) is 0 Å². The van der Waals surface area contributed by atoms with Crippen LogP contribution < -0.4 is 0 Å². The molecule has 10 heterocycles. The van der Waals surface area contributed by atoms with Crippen molar-refractivity contribution >= 4 is 35.6 Å². The Hall–Kier alpha value is -3.94. The summed E-state index contributed by atoms with van der Waals surface area (Å²) in [5, 5.41) is 90.8. The topological polar surface area (TPSA) is 480 Å². The predicted octanol–water partition coefficient (Wildman–Crippen LogP) is -5.90. The number of fused-ring (bicyclic) bond motifs is 4. The third kappa shape index (κ3) is 21.3. The maximum absolute atomic E-state index is 11.6. The van der Waals surface area contributed by atoms with Gasteiger partial charge in [-0.2, -0.15) is 0 Å². The highest BCUT2D eigenvalue weighted by Crippen LogP contribution is 2.35. The maximum atomic E-state index is 11.6. The van der Waals surface area contributed by atoms with Crippen LogP contribution in [-0.2, 0) is 119 Å². The number of ether oxygens (including phenoxy) is 19. The van der Waals surface area contributed by atoms with E-state index in [4.69, 9.17) is 116 Å². The van der Waals surface area contributed by atoms with Crippen LogP contribution in [-0.4, -0.2) is 332 Å². The van der Waals surface area contributed by atoms with E-state index in [1.165, 1.54) is 34.6 Å². The summed E-state index contributed by atoms with van der Waals surface area (Å²) in [6, 6.07) is 0. The summed E-state index contributed by atoms with van der Waals surface area (Å²) in [5.74, 6) is -9.37. The molecule has 10 N–H and O–H groups in total. The Bertz CT molecular complexity index is 1980. The number of carbonyl (C=O) groups is 6. The number of carbonyl (C=O) groups excluding carboxylic acids is 6. The van der Waals surface area contributed by atoms with E-state index >= 15 is 0 Å². The zero-order chi connectivity index (χ0) is 67.3. The second kappa shape index (κ2) is 36.7. The van der Waals surface area contributed by atoms with Gasteiger partial charge in [-0.25, -0.2) is 24.0 Å². The van der Waals surface area contributed by atoms with E-state index in [9.17, 15) is 49.2 Å². The first-order valence-electron chi connectivity index (χ1n) is 29.4. The third-order valence-corrected chi connectivity index (χ3v) is 14.5. The van der Waals surface area contributed by atoms with E-state index in [0.717, 1.165) is 0 Å². The predicted molar refractivity (Wildman–Crippen MR) is 291 cm³/mol. The maximum Gasteiger partial charge on any atom is 0.374 e. The van der Waals surface area contributed by atoms with E-state index in [0.29, 0.717) is 0 Å². The standard InChI is InChI=1S/4C10H16O6.2C5H10O4.C5H8O3/c4*1-3-13-9(12)10(2)15-5-7-8(16-10)6(11)4-14-7;2*6-1-4-5(8)3(7)2-9-4;1-3-8-5(7)4(2)6/h4*6-8,11H,3-5H2,1-2H3;2*3-8H,1-2H2;3H2,1-2H3/t2*6-,7+,8+,10+;2*6-,7+,8+,10-;2*3-,4+,5+;/m101010./s1. The molecular weight excluding hydrogens is 1220 g/mol. The monoisotopic (exact) mass is 1310 g/mol. The molecule has 22 atom stereocenters. The molecule has 0 bridgehead atoms. The summed E-state index contributed by atoms with van der Waals surface area (Å²) in [6.07, 6.45) is -10.9. The number of Topliss-reactive ketones (excluding diaryl/α,β-unsaturated/α-hetero) is 1. The van der Waals surface area contributed by atoms with Gasteiger partial charge in [-0.05, 0) is 34.6 Å². The van der Waals surface area contributed by atoms with Crippen molar-refractivity contribution < 1.29 is 170 Å². The van der Waals surface area contributed by atoms with Crippen molar-refractivity contribution in [2.45, 2.75) is 202 Å². The fourth-order valence-corrected chi connectivity index (χ4v) is 9.33. The molecule has 0 radical (unpaired) electrons. The van der Waals surface area contributed by atoms with Gasteiger partial charge in [-0.15, -0.1) is 0 Å². The van der Waals surface area contributed by atoms with Gasteiger partial charge in [-0.1, -0.05) is 0 Å². The summed E-state index contributed by atoms with van der Waals surface area (Å²) >= 11 is 0. The number of hydrogen-bond donors (Lipinski definition) is 10. The summed E-state index contributed by atoms with van der Waals surface area (Å²) in [4.78, 5) is 66.7. The number of esters is 5. The molecule has 0 saturated carbocycles. The molecule has 35 heteroatoms. The molecule has 0 aromatic heterocycles. The normalized spacial score (nSPS) is 39.9. The van der Waals surface area contributed by atoms with Crippen molar-refractivity contribution in [2.24, 2.45) is 0 Å². The fraction of sp³-hybridized carbons (Fsp3) is 0.891. The lowest BCUT2D eigenvalue weighted by molar-refractivity contribution is -0.303. The van der Waals surface area contributed by atoms with Crippen LogP contribution in [0.4, 0.5) is 0 Å². The SMILES string of the molecule is CCOC(=O)C(C)=O.CCOC(=O)[C@@]1(C)OC[C@@H]2OC[C@@H](O)[C@@H]2O1.CCOC(=O)[C@@]1(C)OC[C@H]2OC[C@H](O)[C@H]2O1.CCOC(=O)[C@]1(C)OC[C@@H]2OC[C@@H](O)[C@@H]2O1.CCOC(=O)[C@]1(C)OC[C@H]2OC[C@H](O)[C@H]2O1.OC[C@@H]1OC[C@@H](O)[C@@H]1O.OC[C@H]1OC[C@H](O)[C@H]1O. The van der Waals surface area contributed by atoms with Crippen molar-refractivity contribution in [1.82, 2.24) is 0 Å². The molecule has 0 aromatic carbocycles. The Balaban J connectivity index is 0.000000228. The number of hydrogen-bond acceptors (Lipinski definition) is 35. The number of aliphatic hydroxyl groups excluding tert-OH is 10. The van der Waals surface area contributed by atoms with Crippen molar-refractivity contribution in [1.29, 1.82) is 0 Å². The first-order chi connectivity index (χ1) is 42.4. The van der Waals surface area contributed by atoms with Gasteiger partial charge in [0, 0.05) is 34.6 Å². The summed E-state index contributed by atoms with van der Waals surface area (Å²) in [7, 11) is 0. The second-order valence-electron chi connectivity index (χ2n) is 21.5. The van der Waals surface area contributed by atoms with Crippen molar-refractivity contribution in [3.05, 3.63) is 0 Å². The Kier molecular flexibility index (Phi) is 32.0. The molecule has 10 fully saturated rings. The third-order valence-electron chi connectivity index (χ3n) is 14.5. The van der Waals surface area contributed by atoms with Gasteiger partial charge in [-0.3, -0.25) is 4.79 Å². The van der Waals surface area contributed by atoms with E-state index in [2.05, 4.69) is 4.74 Å². The molecule has 0 spiro atoms. The smallest absolute Gasteiger partial charge is 0.374 e. The zero-order valence-electron chi connectivity index (χ0n) is 52.1. The minimum Gasteiger partial charge on any atom is -0.462 e. The second-order valence-corrected chi connectivity index (χ2v) is 21.5. The van der Waals surface area contributed by atoms with E-state index in [-0.39, 0.29) is 137 Å². The van der Waals surface area contributed by atoms with Crippen LogP contribution in [0.3, 0.4) is 0 Å². The van der Waals surface area contributed by atoms with Gasteiger partial charge in [0.05, 0.1) is 112 Å². The summed E-state index contributed by atoms with van der Waals surface area (Å²) < 4.78 is 97.3. The number of aliphatic hydroxyl groups is 10. The van der Waals surface area contributed by atoms with E-state index < -0.39 is 144 Å². The lowest BCUT2D eigenvalue weighted by Gasteiger charge is -2.38. The lowest BCUT2D eigenvalue weighted by atomic mass is 10.1. The zero-order valence-corrected chi connectivity index (χ0v) is 52.1. The highest BCUT2D eigenvalue weighted by atomic mass is 16.8. The van der Waals surface area contributed by atoms with E-state index in [1.807, 2.05) is 0 Å². The van der Waals surface area contributed by atoms with Crippen LogP contribution in [0.5, 0.6) is 0 Å². The van der Waals surface area contributed by atoms with Gasteiger partial charge in [0.15, 0.2) is 0 Å². The first kappa shape index (κ1) is 78.5. The molecule has 90 heavy (non-hydrogen) atoms. The van der Waals surface area contributed by atoms with E-state index in [1.54, 1.807) is 34.6 Å². The highest BCUT2D eigenvalue weighted by Gasteiger charge is 2.55. The molecule has 10 saturated heterocycles. The molecule has 522 valence electrons. The van der Waals surface area contributed by atoms with Crippen LogP contribution >= 0.6 is 0 Å². The fourth-order valence-electron chi connectivity index (χ4n) is 9.33. The number of ketones is 1. The largest absolute Gasteiger partial charge is 0.462 e. The van der Waals surface area contributed by atoms with Crippen molar-refractivity contribution in [2.75, 3.05) is 112 Å². The molecular formula is C55H92O35. The molecule has 0 unspecified atom stereocenters. The Labute approximate surface area is 518 Å². The van der Waals surface area contributed by atoms with Gasteiger partial charge in [0.2, 0.25) is 5.78 Å². The summed E-state index contributed by atoms with van der Waals surface area (Å²) in [5.41, 5.74) is 0. The lowest BCUT2D eigenvalue weighted by Crippen LogP contribution is -2.55. The molecule has 35 nitrogen and oxygen atoms in total. The molecule has 0 aromatic rings. The van der Waals surface area contributed by atoms with Gasteiger partial charge in [0.1, 0.15) is 110 Å². The quantitative estimate of drug-likeness (QED) is 0.0494. The Morgan fingerprint density at radius 2 is 0.578 bits per heavy atom. The minimum absolute atomic E-state index is 0.117.